The number of hydrogen-bond acceptors (Lipinski definition) is 3. The molecule has 1 aliphatic heterocycles. The second kappa shape index (κ2) is 7.18. The van der Waals surface area contributed by atoms with E-state index in [1.165, 1.54) is 0 Å². The second-order valence-electron chi connectivity index (χ2n) is 4.45. The predicted molar refractivity (Wildman–Crippen MR) is 57.9 cm³/mol. The summed E-state index contributed by atoms with van der Waals surface area (Å²) in [5.41, 5.74) is 0. The molecule has 0 spiro atoms. The monoisotopic (exact) mass is 255 g/mol. The molecule has 1 aliphatic rings. The fraction of sp³-hybridized carbons (Fsp3) is 1.00. The Labute approximate surface area is 99.7 Å². The van der Waals surface area contributed by atoms with Crippen LogP contribution in [-0.2, 0) is 9.47 Å². The zero-order valence-corrected chi connectivity index (χ0v) is 10.1. The van der Waals surface area contributed by atoms with Crippen molar-refractivity contribution in [2.45, 2.75) is 32.0 Å². The Bertz CT molecular complexity index is 205. The average molecular weight is 255 g/mol. The topological polar surface area (TPSA) is 30.5 Å². The van der Waals surface area contributed by atoms with Gasteiger partial charge in [-0.1, -0.05) is 0 Å². The van der Waals surface area contributed by atoms with Crippen LogP contribution in [0.15, 0.2) is 0 Å². The molecule has 1 atom stereocenters. The molecule has 1 unspecified atom stereocenters. The Kier molecular flexibility index (Phi) is 6.22. The van der Waals surface area contributed by atoms with E-state index in [0.717, 1.165) is 26.1 Å². The van der Waals surface area contributed by atoms with Gasteiger partial charge in [0.1, 0.15) is 0 Å². The van der Waals surface area contributed by atoms with E-state index < -0.39 is 12.7 Å². The summed E-state index contributed by atoms with van der Waals surface area (Å²) >= 11 is 0. The molecule has 102 valence electrons. The third-order valence-electron chi connectivity index (χ3n) is 2.71. The Morgan fingerprint density at radius 1 is 1.35 bits per heavy atom. The van der Waals surface area contributed by atoms with Crippen LogP contribution in [0.4, 0.5) is 13.2 Å². The van der Waals surface area contributed by atoms with Crippen LogP contribution in [0, 0.1) is 5.92 Å². The van der Waals surface area contributed by atoms with E-state index in [4.69, 9.17) is 9.47 Å². The van der Waals surface area contributed by atoms with Gasteiger partial charge >= 0.3 is 6.18 Å². The van der Waals surface area contributed by atoms with Gasteiger partial charge in [-0.25, -0.2) is 0 Å². The molecule has 1 rings (SSSR count). The van der Waals surface area contributed by atoms with E-state index in [0.29, 0.717) is 12.5 Å². The van der Waals surface area contributed by atoms with E-state index in [2.05, 4.69) is 5.32 Å². The summed E-state index contributed by atoms with van der Waals surface area (Å²) in [6, 6.07) is 0. The first kappa shape index (κ1) is 14.7. The Morgan fingerprint density at radius 3 is 2.59 bits per heavy atom. The highest BCUT2D eigenvalue weighted by atomic mass is 19.4. The van der Waals surface area contributed by atoms with Gasteiger partial charge in [-0.05, 0) is 25.7 Å². The van der Waals surface area contributed by atoms with Gasteiger partial charge in [-0.3, -0.25) is 0 Å². The lowest BCUT2D eigenvalue weighted by atomic mass is 10.0. The lowest BCUT2D eigenvalue weighted by molar-refractivity contribution is -0.126. The van der Waals surface area contributed by atoms with Crippen molar-refractivity contribution in [3.63, 3.8) is 0 Å². The molecule has 0 aromatic heterocycles. The summed E-state index contributed by atoms with van der Waals surface area (Å²) < 4.78 is 46.3. The Balaban J connectivity index is 2.02. The SMILES string of the molecule is CC(CNCC(F)(F)F)OCC1CCOCC1. The third kappa shape index (κ3) is 7.57. The maximum Gasteiger partial charge on any atom is 0.401 e. The molecular formula is C11H20F3NO2. The Morgan fingerprint density at radius 2 is 2.00 bits per heavy atom. The molecule has 17 heavy (non-hydrogen) atoms. The summed E-state index contributed by atoms with van der Waals surface area (Å²) in [5.74, 6) is 0.480. The third-order valence-corrected chi connectivity index (χ3v) is 2.71. The molecule has 6 heteroatoms. The number of hydrogen-bond donors (Lipinski definition) is 1. The number of nitrogens with one attached hydrogen (secondary N) is 1. The van der Waals surface area contributed by atoms with Gasteiger partial charge in [0.05, 0.1) is 12.6 Å². The van der Waals surface area contributed by atoms with Crippen LogP contribution in [0.3, 0.4) is 0 Å². The zero-order chi connectivity index (χ0) is 12.7. The first-order chi connectivity index (χ1) is 7.97. The van der Waals surface area contributed by atoms with Gasteiger partial charge in [-0.15, -0.1) is 0 Å². The molecule has 0 radical (unpaired) electrons. The molecule has 0 amide bonds. The maximum atomic E-state index is 11.9. The van der Waals surface area contributed by atoms with Gasteiger partial charge in [0.2, 0.25) is 0 Å². The van der Waals surface area contributed by atoms with E-state index in [1.54, 1.807) is 6.92 Å². The summed E-state index contributed by atoms with van der Waals surface area (Å²) in [6.45, 7) is 3.17. The van der Waals surface area contributed by atoms with Gasteiger partial charge in [0.25, 0.3) is 0 Å². The van der Waals surface area contributed by atoms with E-state index in [1.807, 2.05) is 0 Å². The van der Waals surface area contributed by atoms with Crippen molar-refractivity contribution in [2.24, 2.45) is 5.92 Å². The molecule has 0 saturated carbocycles. The van der Waals surface area contributed by atoms with Crippen LogP contribution < -0.4 is 5.32 Å². The van der Waals surface area contributed by atoms with Gasteiger partial charge < -0.3 is 14.8 Å². The van der Waals surface area contributed by atoms with Crippen LogP contribution in [0.1, 0.15) is 19.8 Å². The second-order valence-corrected chi connectivity index (χ2v) is 4.45. The van der Waals surface area contributed by atoms with Crippen LogP contribution in [0.2, 0.25) is 0 Å². The number of ether oxygens (including phenoxy) is 2. The van der Waals surface area contributed by atoms with Crippen molar-refractivity contribution < 1.29 is 22.6 Å². The zero-order valence-electron chi connectivity index (χ0n) is 10.1. The largest absolute Gasteiger partial charge is 0.401 e. The minimum absolute atomic E-state index is 0.194. The summed E-state index contributed by atoms with van der Waals surface area (Å²) in [7, 11) is 0. The van der Waals surface area contributed by atoms with Gasteiger partial charge in [0.15, 0.2) is 0 Å². The highest BCUT2D eigenvalue weighted by molar-refractivity contribution is 4.65. The molecule has 1 N–H and O–H groups in total. The lowest BCUT2D eigenvalue weighted by Crippen LogP contribution is -2.35. The quantitative estimate of drug-likeness (QED) is 0.787. The van der Waals surface area contributed by atoms with E-state index in [9.17, 15) is 13.2 Å². The molecule has 0 bridgehead atoms. The maximum absolute atomic E-state index is 11.9. The molecule has 0 aliphatic carbocycles. The first-order valence-electron chi connectivity index (χ1n) is 5.94. The van der Waals surface area contributed by atoms with Gasteiger partial charge in [-0.2, -0.15) is 13.2 Å². The van der Waals surface area contributed by atoms with Crippen molar-refractivity contribution in [3.8, 4) is 0 Å². The molecule has 1 saturated heterocycles. The van der Waals surface area contributed by atoms with Crippen molar-refractivity contribution in [2.75, 3.05) is 32.9 Å². The van der Waals surface area contributed by atoms with E-state index in [-0.39, 0.29) is 12.6 Å². The van der Waals surface area contributed by atoms with E-state index >= 15 is 0 Å². The molecule has 1 fully saturated rings. The molecule has 0 aromatic carbocycles. The summed E-state index contributed by atoms with van der Waals surface area (Å²) in [5, 5.41) is 2.34. The smallest absolute Gasteiger partial charge is 0.381 e. The minimum Gasteiger partial charge on any atom is -0.381 e. The molecule has 3 nitrogen and oxygen atoms in total. The molecule has 0 aromatic rings. The first-order valence-corrected chi connectivity index (χ1v) is 5.94. The molecular weight excluding hydrogens is 235 g/mol. The fourth-order valence-electron chi connectivity index (χ4n) is 1.69. The van der Waals surface area contributed by atoms with Crippen LogP contribution in [0.5, 0.6) is 0 Å². The van der Waals surface area contributed by atoms with Crippen molar-refractivity contribution in [1.82, 2.24) is 5.32 Å². The Hall–Kier alpha value is -0.330. The van der Waals surface area contributed by atoms with Gasteiger partial charge in [0, 0.05) is 26.4 Å². The lowest BCUT2D eigenvalue weighted by Gasteiger charge is -2.24. The summed E-state index contributed by atoms with van der Waals surface area (Å²) in [4.78, 5) is 0. The number of alkyl halides is 3. The number of halogens is 3. The fourth-order valence-corrected chi connectivity index (χ4v) is 1.69. The highest BCUT2D eigenvalue weighted by Crippen LogP contribution is 2.15. The van der Waals surface area contributed by atoms with Crippen molar-refractivity contribution in [1.29, 1.82) is 0 Å². The van der Waals surface area contributed by atoms with Crippen LogP contribution in [0.25, 0.3) is 0 Å². The molecule has 1 heterocycles. The minimum atomic E-state index is -4.15. The summed E-state index contributed by atoms with van der Waals surface area (Å²) in [6.07, 6.45) is -2.40. The standard InChI is InChI=1S/C11H20F3NO2/c1-9(6-15-8-11(12,13)14)17-7-10-2-4-16-5-3-10/h9-10,15H,2-8H2,1H3. The predicted octanol–water partition coefficient (Wildman–Crippen LogP) is 1.97. The average Bonchev–Trinajstić information content (AvgIpc) is 2.26. The van der Waals surface area contributed by atoms with Crippen molar-refractivity contribution in [3.05, 3.63) is 0 Å². The van der Waals surface area contributed by atoms with Crippen LogP contribution >= 0.6 is 0 Å². The number of rotatable bonds is 6. The van der Waals surface area contributed by atoms with Crippen molar-refractivity contribution >= 4 is 0 Å². The normalized spacial score (nSPS) is 20.5. The van der Waals surface area contributed by atoms with Crippen LogP contribution in [-0.4, -0.2) is 45.2 Å². The highest BCUT2D eigenvalue weighted by Gasteiger charge is 2.26.